The van der Waals surface area contributed by atoms with Gasteiger partial charge in [0.15, 0.2) is 0 Å². The first-order chi connectivity index (χ1) is 8.97. The van der Waals surface area contributed by atoms with Gasteiger partial charge in [-0.05, 0) is 42.2 Å². The Bertz CT molecular complexity index is 441. The van der Waals surface area contributed by atoms with Gasteiger partial charge >= 0.3 is 0 Å². The Labute approximate surface area is 118 Å². The van der Waals surface area contributed by atoms with Crippen molar-refractivity contribution in [1.29, 1.82) is 0 Å². The van der Waals surface area contributed by atoms with Crippen LogP contribution >= 0.6 is 11.6 Å². The molecule has 3 nitrogen and oxygen atoms in total. The van der Waals surface area contributed by atoms with Crippen LogP contribution < -0.4 is 4.74 Å². The third-order valence-electron chi connectivity index (χ3n) is 3.91. The van der Waals surface area contributed by atoms with E-state index in [4.69, 9.17) is 16.3 Å². The second-order valence-electron chi connectivity index (χ2n) is 5.77. The van der Waals surface area contributed by atoms with E-state index < -0.39 is 5.82 Å². The van der Waals surface area contributed by atoms with Crippen LogP contribution in [0.25, 0.3) is 0 Å². The Morgan fingerprint density at radius 2 is 2.16 bits per heavy atom. The van der Waals surface area contributed by atoms with E-state index in [9.17, 15) is 4.39 Å². The van der Waals surface area contributed by atoms with Crippen molar-refractivity contribution < 1.29 is 9.13 Å². The van der Waals surface area contributed by atoms with Gasteiger partial charge in [-0.25, -0.2) is 4.98 Å². The second-order valence-corrected chi connectivity index (χ2v) is 6.11. The molecule has 2 rings (SSSR count). The number of hydrogen-bond acceptors (Lipinski definition) is 3. The van der Waals surface area contributed by atoms with Crippen LogP contribution in [0.15, 0.2) is 6.20 Å². The maximum atomic E-state index is 13.6. The second kappa shape index (κ2) is 6.04. The monoisotopic (exact) mass is 286 g/mol. The summed E-state index contributed by atoms with van der Waals surface area (Å²) in [6.45, 7) is 6.57. The molecule has 1 aliphatic carbocycles. The van der Waals surface area contributed by atoms with Crippen LogP contribution in [0.4, 0.5) is 4.39 Å². The molecule has 0 aromatic carbocycles. The quantitative estimate of drug-likeness (QED) is 0.785. The lowest BCUT2D eigenvalue weighted by Gasteiger charge is -2.36. The van der Waals surface area contributed by atoms with Gasteiger partial charge in [0.2, 0.25) is 11.1 Å². The Morgan fingerprint density at radius 3 is 2.84 bits per heavy atom. The fraction of sp³-hybridized carbons (Fsp3) is 0.714. The van der Waals surface area contributed by atoms with E-state index in [0.717, 1.165) is 19.0 Å². The van der Waals surface area contributed by atoms with Crippen LogP contribution in [-0.4, -0.2) is 16.1 Å². The molecule has 1 aliphatic rings. The molecule has 1 aromatic rings. The van der Waals surface area contributed by atoms with Gasteiger partial charge < -0.3 is 4.74 Å². The molecule has 1 saturated carbocycles. The molecule has 0 saturated heterocycles. The van der Waals surface area contributed by atoms with E-state index in [1.54, 1.807) is 0 Å². The van der Waals surface area contributed by atoms with Gasteiger partial charge in [-0.3, -0.25) is 0 Å². The van der Waals surface area contributed by atoms with Crippen LogP contribution in [0.5, 0.6) is 5.88 Å². The van der Waals surface area contributed by atoms with Gasteiger partial charge in [0, 0.05) is 0 Å². The van der Waals surface area contributed by atoms with E-state index in [0.29, 0.717) is 17.8 Å². The van der Waals surface area contributed by atoms with E-state index in [-0.39, 0.29) is 17.3 Å². The molecule has 3 atom stereocenters. The minimum absolute atomic E-state index is 0.00390. The summed E-state index contributed by atoms with van der Waals surface area (Å²) in [5.41, 5.74) is 0. The van der Waals surface area contributed by atoms with Crippen molar-refractivity contribution in [3.8, 4) is 5.88 Å². The van der Waals surface area contributed by atoms with Crippen molar-refractivity contribution in [3.63, 3.8) is 0 Å². The molecule has 1 heterocycles. The van der Waals surface area contributed by atoms with Crippen molar-refractivity contribution in [2.75, 3.05) is 0 Å². The molecule has 0 radical (unpaired) electrons. The third kappa shape index (κ3) is 3.56. The van der Waals surface area contributed by atoms with Crippen molar-refractivity contribution in [1.82, 2.24) is 9.97 Å². The molecule has 0 bridgehead atoms. The van der Waals surface area contributed by atoms with Crippen LogP contribution in [0.2, 0.25) is 5.28 Å². The first-order valence-corrected chi connectivity index (χ1v) is 7.20. The number of halogens is 2. The maximum absolute atomic E-state index is 13.6. The molecule has 0 aliphatic heterocycles. The molecular formula is C14H20ClFN2O. The minimum Gasteiger partial charge on any atom is -0.472 e. The molecule has 3 unspecified atom stereocenters. The highest BCUT2D eigenvalue weighted by Crippen LogP contribution is 2.36. The lowest BCUT2D eigenvalue weighted by molar-refractivity contribution is 0.0393. The van der Waals surface area contributed by atoms with Gasteiger partial charge in [0.25, 0.3) is 5.88 Å². The summed E-state index contributed by atoms with van der Waals surface area (Å²) in [7, 11) is 0. The zero-order valence-corrected chi connectivity index (χ0v) is 12.3. The van der Waals surface area contributed by atoms with Gasteiger partial charge in [-0.1, -0.05) is 27.2 Å². The predicted octanol–water partition coefficient (Wildman–Crippen LogP) is 4.11. The summed E-state index contributed by atoms with van der Waals surface area (Å²) >= 11 is 5.69. The fourth-order valence-corrected chi connectivity index (χ4v) is 2.93. The fourth-order valence-electron chi connectivity index (χ4n) is 2.81. The third-order valence-corrected chi connectivity index (χ3v) is 4.09. The lowest BCUT2D eigenvalue weighted by atomic mass is 9.75. The number of aromatic nitrogens is 2. The van der Waals surface area contributed by atoms with Crippen LogP contribution in [0.1, 0.15) is 40.0 Å². The van der Waals surface area contributed by atoms with Crippen molar-refractivity contribution in [2.24, 2.45) is 17.8 Å². The molecule has 0 N–H and O–H groups in total. The molecule has 1 aromatic heterocycles. The Balaban J connectivity index is 2.16. The summed E-state index contributed by atoms with van der Waals surface area (Å²) < 4.78 is 19.4. The SMILES string of the molecule is CC1CCC(C(C)C)C(Oc2nc(Cl)ncc2F)C1. The average molecular weight is 287 g/mol. The highest BCUT2D eigenvalue weighted by molar-refractivity contribution is 6.28. The largest absolute Gasteiger partial charge is 0.472 e. The number of ether oxygens (including phenoxy) is 1. The zero-order valence-electron chi connectivity index (χ0n) is 11.6. The van der Waals surface area contributed by atoms with Crippen molar-refractivity contribution in [2.45, 2.75) is 46.1 Å². The van der Waals surface area contributed by atoms with Gasteiger partial charge in [0.05, 0.1) is 6.20 Å². The molecule has 5 heteroatoms. The highest BCUT2D eigenvalue weighted by Gasteiger charge is 2.33. The lowest BCUT2D eigenvalue weighted by Crippen LogP contribution is -2.36. The topological polar surface area (TPSA) is 35.0 Å². The van der Waals surface area contributed by atoms with Gasteiger partial charge in [-0.2, -0.15) is 9.37 Å². The van der Waals surface area contributed by atoms with E-state index in [2.05, 4.69) is 30.7 Å². The first kappa shape index (κ1) is 14.5. The van der Waals surface area contributed by atoms with E-state index in [1.165, 1.54) is 6.42 Å². The molecule has 0 amide bonds. The Kier molecular flexibility index (Phi) is 4.61. The highest BCUT2D eigenvalue weighted by atomic mass is 35.5. The smallest absolute Gasteiger partial charge is 0.255 e. The molecule has 19 heavy (non-hydrogen) atoms. The zero-order chi connectivity index (χ0) is 14.0. The first-order valence-electron chi connectivity index (χ1n) is 6.82. The molecule has 1 fully saturated rings. The summed E-state index contributed by atoms with van der Waals surface area (Å²) in [6, 6.07) is 0. The van der Waals surface area contributed by atoms with Crippen molar-refractivity contribution >= 4 is 11.6 Å². The maximum Gasteiger partial charge on any atom is 0.255 e. The summed E-state index contributed by atoms with van der Waals surface area (Å²) in [4.78, 5) is 7.44. The van der Waals surface area contributed by atoms with Crippen LogP contribution in [-0.2, 0) is 0 Å². The predicted molar refractivity (Wildman–Crippen MR) is 72.8 cm³/mol. The number of hydrogen-bond donors (Lipinski definition) is 0. The summed E-state index contributed by atoms with van der Waals surface area (Å²) in [5.74, 6) is 0.970. The van der Waals surface area contributed by atoms with Crippen LogP contribution in [0.3, 0.4) is 0 Å². The molecule has 106 valence electrons. The average Bonchev–Trinajstić information content (AvgIpc) is 2.33. The number of rotatable bonds is 3. The summed E-state index contributed by atoms with van der Waals surface area (Å²) in [5, 5.41) is 0.0151. The standard InChI is InChI=1S/C14H20ClFN2O/c1-8(2)10-5-4-9(3)6-12(10)19-13-11(16)7-17-14(15)18-13/h7-10,12H,4-6H2,1-3H3. The van der Waals surface area contributed by atoms with Crippen molar-refractivity contribution in [3.05, 3.63) is 17.3 Å². The van der Waals surface area contributed by atoms with Gasteiger partial charge in [0.1, 0.15) is 6.10 Å². The summed E-state index contributed by atoms with van der Waals surface area (Å²) in [6.07, 6.45) is 4.31. The molecular weight excluding hydrogens is 267 g/mol. The normalized spacial score (nSPS) is 27.6. The number of nitrogens with zero attached hydrogens (tertiary/aromatic N) is 2. The Morgan fingerprint density at radius 1 is 1.42 bits per heavy atom. The molecule has 0 spiro atoms. The van der Waals surface area contributed by atoms with E-state index in [1.807, 2.05) is 0 Å². The van der Waals surface area contributed by atoms with E-state index >= 15 is 0 Å². The minimum atomic E-state index is -0.551. The Hall–Kier alpha value is -0.900. The van der Waals surface area contributed by atoms with Crippen LogP contribution in [0, 0.1) is 23.6 Å². The van der Waals surface area contributed by atoms with Gasteiger partial charge in [-0.15, -0.1) is 0 Å².